The maximum Gasteiger partial charge on any atom is 0.101 e. The molecule has 0 unspecified atom stereocenters. The van der Waals surface area contributed by atoms with Gasteiger partial charge >= 0.3 is 0 Å². The molecule has 2 rings (SSSR count). The van der Waals surface area contributed by atoms with E-state index in [1.807, 2.05) is 12.1 Å². The van der Waals surface area contributed by atoms with E-state index in [-0.39, 0.29) is 0 Å². The van der Waals surface area contributed by atoms with Crippen molar-refractivity contribution in [3.8, 4) is 6.07 Å². The molecule has 0 aliphatic heterocycles. The van der Waals surface area contributed by atoms with Gasteiger partial charge in [0.2, 0.25) is 0 Å². The Bertz CT molecular complexity index is 573. The molecule has 0 saturated carbocycles. The number of hydrogen-bond donors (Lipinski definition) is 1. The first-order valence-corrected chi connectivity index (χ1v) is 6.81. The van der Waals surface area contributed by atoms with Gasteiger partial charge in [-0.1, -0.05) is 11.8 Å². The van der Waals surface area contributed by atoms with Crippen molar-refractivity contribution >= 4 is 40.0 Å². The van der Waals surface area contributed by atoms with Crippen LogP contribution in [0.15, 0.2) is 52.3 Å². The molecule has 2 nitrogen and oxygen atoms in total. The summed E-state index contributed by atoms with van der Waals surface area (Å²) in [6, 6.07) is 15.8. The Morgan fingerprint density at radius 1 is 1.06 bits per heavy atom. The van der Waals surface area contributed by atoms with Crippen LogP contribution < -0.4 is 5.73 Å². The van der Waals surface area contributed by atoms with E-state index in [9.17, 15) is 0 Å². The van der Waals surface area contributed by atoms with Crippen molar-refractivity contribution in [1.29, 1.82) is 5.26 Å². The van der Waals surface area contributed by atoms with Crippen LogP contribution in [-0.4, -0.2) is 0 Å². The van der Waals surface area contributed by atoms with Crippen LogP contribution in [0, 0.1) is 14.9 Å². The number of nitrogen functional groups attached to an aromatic ring is 1. The zero-order chi connectivity index (χ0) is 12.3. The molecule has 0 bridgehead atoms. The highest BCUT2D eigenvalue weighted by molar-refractivity contribution is 14.1. The number of nitrogens with two attached hydrogens (primary N) is 1. The van der Waals surface area contributed by atoms with Gasteiger partial charge in [0.1, 0.15) is 6.07 Å². The molecule has 0 aliphatic rings. The van der Waals surface area contributed by atoms with E-state index < -0.39 is 0 Å². The third kappa shape index (κ3) is 3.14. The predicted octanol–water partition coefficient (Wildman–Crippen LogP) is 3.90. The lowest BCUT2D eigenvalue weighted by Gasteiger charge is -2.04. The molecule has 0 heterocycles. The van der Waals surface area contributed by atoms with Crippen LogP contribution in [0.25, 0.3) is 0 Å². The normalized spacial score (nSPS) is 9.88. The van der Waals surface area contributed by atoms with Crippen molar-refractivity contribution in [3.63, 3.8) is 0 Å². The highest BCUT2D eigenvalue weighted by Gasteiger charge is 2.02. The van der Waals surface area contributed by atoms with Crippen LogP contribution in [0.3, 0.4) is 0 Å². The highest BCUT2D eigenvalue weighted by Crippen LogP contribution is 2.30. The summed E-state index contributed by atoms with van der Waals surface area (Å²) in [4.78, 5) is 2.21. The summed E-state index contributed by atoms with van der Waals surface area (Å²) in [7, 11) is 0. The third-order valence-electron chi connectivity index (χ3n) is 2.19. The van der Waals surface area contributed by atoms with Gasteiger partial charge in [-0.05, 0) is 65.1 Å². The van der Waals surface area contributed by atoms with Crippen molar-refractivity contribution in [1.82, 2.24) is 0 Å². The molecule has 2 aromatic carbocycles. The standard InChI is InChI=1S/C13H9IN2S/c14-10-2-5-11(6-3-10)17-12-4-1-9(8-15)13(16)7-12/h1-7H,16H2. The molecule has 2 aromatic rings. The van der Waals surface area contributed by atoms with Crippen LogP contribution in [0.5, 0.6) is 0 Å². The lowest BCUT2D eigenvalue weighted by molar-refractivity contribution is 1.38. The zero-order valence-corrected chi connectivity index (χ0v) is 11.8. The number of nitriles is 1. The Labute approximate surface area is 118 Å². The van der Waals surface area contributed by atoms with Gasteiger partial charge < -0.3 is 5.73 Å². The molecule has 0 spiro atoms. The molecule has 0 aromatic heterocycles. The first-order chi connectivity index (χ1) is 8.19. The maximum atomic E-state index is 8.79. The summed E-state index contributed by atoms with van der Waals surface area (Å²) in [5, 5.41) is 8.79. The van der Waals surface area contributed by atoms with Gasteiger partial charge in [0.15, 0.2) is 0 Å². The van der Waals surface area contributed by atoms with Gasteiger partial charge in [0.05, 0.1) is 11.3 Å². The first kappa shape index (κ1) is 12.3. The zero-order valence-electron chi connectivity index (χ0n) is 8.85. The van der Waals surface area contributed by atoms with E-state index >= 15 is 0 Å². The summed E-state index contributed by atoms with van der Waals surface area (Å²) in [6.07, 6.45) is 0. The number of anilines is 1. The van der Waals surface area contributed by atoms with Gasteiger partial charge in [0, 0.05) is 13.4 Å². The van der Waals surface area contributed by atoms with Crippen molar-refractivity contribution in [3.05, 3.63) is 51.6 Å². The van der Waals surface area contributed by atoms with Gasteiger partial charge in [0.25, 0.3) is 0 Å². The van der Waals surface area contributed by atoms with Gasteiger partial charge in [-0.3, -0.25) is 0 Å². The van der Waals surface area contributed by atoms with Crippen LogP contribution in [-0.2, 0) is 0 Å². The van der Waals surface area contributed by atoms with E-state index in [1.54, 1.807) is 17.8 Å². The quantitative estimate of drug-likeness (QED) is 0.659. The molecule has 0 saturated heterocycles. The Hall–Kier alpha value is -1.19. The minimum atomic E-state index is 0.525. The second-order valence-corrected chi connectivity index (χ2v) is 5.81. The molecule has 0 fully saturated rings. The summed E-state index contributed by atoms with van der Waals surface area (Å²) in [6.45, 7) is 0. The Kier molecular flexibility index (Phi) is 3.92. The van der Waals surface area contributed by atoms with E-state index in [4.69, 9.17) is 11.0 Å². The molecule has 17 heavy (non-hydrogen) atoms. The fourth-order valence-electron chi connectivity index (χ4n) is 1.34. The second-order valence-electron chi connectivity index (χ2n) is 3.42. The molecular weight excluding hydrogens is 343 g/mol. The molecule has 0 amide bonds. The Balaban J connectivity index is 2.22. The summed E-state index contributed by atoms with van der Waals surface area (Å²) >= 11 is 3.91. The summed E-state index contributed by atoms with van der Waals surface area (Å²) in [5.74, 6) is 0. The molecule has 0 aliphatic carbocycles. The average molecular weight is 352 g/mol. The number of halogens is 1. The number of benzene rings is 2. The van der Waals surface area contributed by atoms with Crippen LogP contribution in [0.1, 0.15) is 5.56 Å². The van der Waals surface area contributed by atoms with Gasteiger partial charge in [-0.15, -0.1) is 0 Å². The molecule has 4 heteroatoms. The van der Waals surface area contributed by atoms with E-state index in [2.05, 4.69) is 52.9 Å². The van der Waals surface area contributed by atoms with Crippen molar-refractivity contribution in [2.24, 2.45) is 0 Å². The minimum absolute atomic E-state index is 0.525. The van der Waals surface area contributed by atoms with Crippen molar-refractivity contribution < 1.29 is 0 Å². The predicted molar refractivity (Wildman–Crippen MR) is 78.9 cm³/mol. The van der Waals surface area contributed by atoms with Crippen molar-refractivity contribution in [2.75, 3.05) is 5.73 Å². The molecule has 0 radical (unpaired) electrons. The average Bonchev–Trinajstić information content (AvgIpc) is 2.32. The Morgan fingerprint density at radius 3 is 2.29 bits per heavy atom. The smallest absolute Gasteiger partial charge is 0.101 e. The summed E-state index contributed by atoms with van der Waals surface area (Å²) in [5.41, 5.74) is 6.83. The third-order valence-corrected chi connectivity index (χ3v) is 3.91. The lowest BCUT2D eigenvalue weighted by atomic mass is 10.2. The Morgan fingerprint density at radius 2 is 1.71 bits per heavy atom. The number of nitrogens with zero attached hydrogens (tertiary/aromatic N) is 1. The SMILES string of the molecule is N#Cc1ccc(Sc2ccc(I)cc2)cc1N. The van der Waals surface area contributed by atoms with E-state index in [0.29, 0.717) is 11.3 Å². The largest absolute Gasteiger partial charge is 0.398 e. The van der Waals surface area contributed by atoms with Crippen LogP contribution >= 0.6 is 34.4 Å². The molecule has 84 valence electrons. The monoisotopic (exact) mass is 352 g/mol. The molecular formula is C13H9IN2S. The summed E-state index contributed by atoms with van der Waals surface area (Å²) < 4.78 is 1.21. The van der Waals surface area contributed by atoms with Gasteiger partial charge in [-0.2, -0.15) is 5.26 Å². The fraction of sp³-hybridized carbons (Fsp3) is 0. The second kappa shape index (κ2) is 5.43. The lowest BCUT2D eigenvalue weighted by Crippen LogP contribution is -1.89. The molecule has 0 atom stereocenters. The number of rotatable bonds is 2. The van der Waals surface area contributed by atoms with E-state index in [1.165, 1.54) is 3.57 Å². The first-order valence-electron chi connectivity index (χ1n) is 4.92. The molecule has 2 N–H and O–H groups in total. The minimum Gasteiger partial charge on any atom is -0.398 e. The fourth-order valence-corrected chi connectivity index (χ4v) is 2.57. The highest BCUT2D eigenvalue weighted by atomic mass is 127. The van der Waals surface area contributed by atoms with Crippen LogP contribution in [0.4, 0.5) is 5.69 Å². The van der Waals surface area contributed by atoms with Gasteiger partial charge in [-0.25, -0.2) is 0 Å². The van der Waals surface area contributed by atoms with Crippen LogP contribution in [0.2, 0.25) is 0 Å². The number of hydrogen-bond acceptors (Lipinski definition) is 3. The van der Waals surface area contributed by atoms with E-state index in [0.717, 1.165) is 9.79 Å². The van der Waals surface area contributed by atoms with Crippen molar-refractivity contribution in [2.45, 2.75) is 9.79 Å². The topological polar surface area (TPSA) is 49.8 Å². The maximum absolute atomic E-state index is 8.79.